The summed E-state index contributed by atoms with van der Waals surface area (Å²) >= 11 is 0. The monoisotopic (exact) mass is 235 g/mol. The van der Waals surface area contributed by atoms with Crippen molar-refractivity contribution < 1.29 is 9.90 Å². The highest BCUT2D eigenvalue weighted by Gasteiger charge is 2.20. The van der Waals surface area contributed by atoms with E-state index in [2.05, 4.69) is 13.8 Å². The minimum Gasteiger partial charge on any atom is -0.507 e. The van der Waals surface area contributed by atoms with E-state index in [-0.39, 0.29) is 17.7 Å². The molecule has 0 heterocycles. The lowest BCUT2D eigenvalue weighted by Crippen LogP contribution is -2.36. The van der Waals surface area contributed by atoms with Crippen LogP contribution in [-0.2, 0) is 0 Å². The molecule has 0 aliphatic heterocycles. The van der Waals surface area contributed by atoms with Crippen LogP contribution in [0.2, 0.25) is 0 Å². The summed E-state index contributed by atoms with van der Waals surface area (Å²) in [6, 6.07) is 5.32. The zero-order valence-electron chi connectivity index (χ0n) is 11.0. The summed E-state index contributed by atoms with van der Waals surface area (Å²) in [6.45, 7) is 6.04. The van der Waals surface area contributed by atoms with E-state index in [1.54, 1.807) is 30.1 Å². The topological polar surface area (TPSA) is 40.5 Å². The molecule has 0 aliphatic carbocycles. The maximum atomic E-state index is 12.2. The smallest absolute Gasteiger partial charge is 0.257 e. The van der Waals surface area contributed by atoms with E-state index in [9.17, 15) is 9.90 Å². The summed E-state index contributed by atoms with van der Waals surface area (Å²) in [4.78, 5) is 14.0. The SMILES string of the molecule is CCC(CC)N(C)C(=O)c1cc(C)ccc1O. The van der Waals surface area contributed by atoms with Crippen LogP contribution in [0.4, 0.5) is 0 Å². The molecule has 0 unspecified atom stereocenters. The van der Waals surface area contributed by atoms with Crippen molar-refractivity contribution in [3.8, 4) is 5.75 Å². The first-order valence-corrected chi connectivity index (χ1v) is 6.08. The predicted octanol–water partition coefficient (Wildman–Crippen LogP) is 2.96. The predicted molar refractivity (Wildman–Crippen MR) is 69.3 cm³/mol. The second-order valence-electron chi connectivity index (χ2n) is 4.41. The van der Waals surface area contributed by atoms with Crippen LogP contribution < -0.4 is 0 Å². The number of aryl methyl sites for hydroxylation is 1. The van der Waals surface area contributed by atoms with Crippen molar-refractivity contribution in [2.24, 2.45) is 0 Å². The van der Waals surface area contributed by atoms with Gasteiger partial charge in [0.1, 0.15) is 5.75 Å². The number of hydrogen-bond donors (Lipinski definition) is 1. The van der Waals surface area contributed by atoms with Crippen LogP contribution >= 0.6 is 0 Å². The van der Waals surface area contributed by atoms with Gasteiger partial charge in [0.2, 0.25) is 0 Å². The Balaban J connectivity index is 2.99. The number of amides is 1. The fourth-order valence-corrected chi connectivity index (χ4v) is 2.01. The molecule has 0 saturated carbocycles. The zero-order valence-corrected chi connectivity index (χ0v) is 11.0. The summed E-state index contributed by atoms with van der Waals surface area (Å²) < 4.78 is 0. The van der Waals surface area contributed by atoms with Crippen LogP contribution in [-0.4, -0.2) is 29.0 Å². The first-order valence-electron chi connectivity index (χ1n) is 6.08. The standard InChI is InChI=1S/C14H21NO2/c1-5-11(6-2)15(4)14(17)12-9-10(3)7-8-13(12)16/h7-9,11,16H,5-6H2,1-4H3. The average molecular weight is 235 g/mol. The van der Waals surface area contributed by atoms with E-state index < -0.39 is 0 Å². The van der Waals surface area contributed by atoms with Crippen molar-refractivity contribution in [2.75, 3.05) is 7.05 Å². The third-order valence-corrected chi connectivity index (χ3v) is 3.19. The van der Waals surface area contributed by atoms with Gasteiger partial charge in [-0.05, 0) is 31.9 Å². The van der Waals surface area contributed by atoms with Gasteiger partial charge in [-0.1, -0.05) is 25.5 Å². The number of carbonyl (C=O) groups is 1. The highest BCUT2D eigenvalue weighted by Crippen LogP contribution is 2.21. The van der Waals surface area contributed by atoms with E-state index in [0.717, 1.165) is 18.4 Å². The second-order valence-corrected chi connectivity index (χ2v) is 4.41. The lowest BCUT2D eigenvalue weighted by molar-refractivity contribution is 0.0720. The molecule has 1 rings (SSSR count). The summed E-state index contributed by atoms with van der Waals surface area (Å²) in [5.74, 6) is -0.0571. The fourth-order valence-electron chi connectivity index (χ4n) is 2.01. The minimum absolute atomic E-state index is 0.0541. The molecule has 94 valence electrons. The first-order chi connectivity index (χ1) is 8.01. The molecule has 17 heavy (non-hydrogen) atoms. The Morgan fingerprint density at radius 2 is 1.94 bits per heavy atom. The summed E-state index contributed by atoms with van der Waals surface area (Å²) in [7, 11) is 1.79. The molecular formula is C14H21NO2. The molecule has 0 spiro atoms. The number of hydrogen-bond acceptors (Lipinski definition) is 2. The van der Waals surface area contributed by atoms with Gasteiger partial charge in [0.25, 0.3) is 5.91 Å². The molecule has 0 saturated heterocycles. The van der Waals surface area contributed by atoms with Crippen molar-refractivity contribution in [1.29, 1.82) is 0 Å². The molecule has 1 N–H and O–H groups in total. The Morgan fingerprint density at radius 1 is 1.35 bits per heavy atom. The number of benzene rings is 1. The third kappa shape index (κ3) is 2.99. The fraction of sp³-hybridized carbons (Fsp3) is 0.500. The highest BCUT2D eigenvalue weighted by molar-refractivity contribution is 5.97. The van der Waals surface area contributed by atoms with Crippen molar-refractivity contribution in [1.82, 2.24) is 4.90 Å². The summed E-state index contributed by atoms with van der Waals surface area (Å²) in [6.07, 6.45) is 1.84. The number of rotatable bonds is 4. The average Bonchev–Trinajstić information content (AvgIpc) is 2.32. The van der Waals surface area contributed by atoms with Crippen LogP contribution in [0.15, 0.2) is 18.2 Å². The number of phenols is 1. The molecule has 0 bridgehead atoms. The highest BCUT2D eigenvalue weighted by atomic mass is 16.3. The van der Waals surface area contributed by atoms with Crippen molar-refractivity contribution in [2.45, 2.75) is 39.7 Å². The molecule has 0 aromatic heterocycles. The molecule has 3 heteroatoms. The van der Waals surface area contributed by atoms with Crippen molar-refractivity contribution >= 4 is 5.91 Å². The lowest BCUT2D eigenvalue weighted by Gasteiger charge is -2.26. The van der Waals surface area contributed by atoms with Crippen LogP contribution in [0.5, 0.6) is 5.75 Å². The van der Waals surface area contributed by atoms with Crippen LogP contribution in [0.1, 0.15) is 42.6 Å². The largest absolute Gasteiger partial charge is 0.507 e. The van der Waals surface area contributed by atoms with Gasteiger partial charge in [-0.2, -0.15) is 0 Å². The van der Waals surface area contributed by atoms with Gasteiger partial charge in [-0.15, -0.1) is 0 Å². The van der Waals surface area contributed by atoms with Crippen LogP contribution in [0.25, 0.3) is 0 Å². The number of aromatic hydroxyl groups is 1. The van der Waals surface area contributed by atoms with Gasteiger partial charge in [0, 0.05) is 13.1 Å². The van der Waals surface area contributed by atoms with Gasteiger partial charge in [0.05, 0.1) is 5.56 Å². The quantitative estimate of drug-likeness (QED) is 0.871. The maximum absolute atomic E-state index is 12.2. The Morgan fingerprint density at radius 3 is 2.47 bits per heavy atom. The Bertz CT molecular complexity index is 397. The number of phenolic OH excluding ortho intramolecular Hbond substituents is 1. The van der Waals surface area contributed by atoms with Gasteiger partial charge in [-0.25, -0.2) is 0 Å². The normalized spacial score (nSPS) is 10.6. The molecule has 3 nitrogen and oxygen atoms in total. The van der Waals surface area contributed by atoms with Gasteiger partial charge in [0.15, 0.2) is 0 Å². The summed E-state index contributed by atoms with van der Waals surface area (Å²) in [5, 5.41) is 9.73. The van der Waals surface area contributed by atoms with E-state index >= 15 is 0 Å². The molecule has 0 atom stereocenters. The molecule has 1 aromatic carbocycles. The molecule has 1 aromatic rings. The van der Waals surface area contributed by atoms with E-state index in [0.29, 0.717) is 5.56 Å². The van der Waals surface area contributed by atoms with Gasteiger partial charge in [-0.3, -0.25) is 4.79 Å². The molecular weight excluding hydrogens is 214 g/mol. The van der Waals surface area contributed by atoms with Gasteiger partial charge >= 0.3 is 0 Å². The Labute approximate surface area is 103 Å². The molecule has 0 aliphatic rings. The number of nitrogens with zero attached hydrogens (tertiary/aromatic N) is 1. The lowest BCUT2D eigenvalue weighted by atomic mass is 10.1. The Hall–Kier alpha value is -1.51. The third-order valence-electron chi connectivity index (χ3n) is 3.19. The molecule has 1 amide bonds. The van der Waals surface area contributed by atoms with Gasteiger partial charge < -0.3 is 10.0 Å². The zero-order chi connectivity index (χ0) is 13.0. The van der Waals surface area contributed by atoms with E-state index in [1.807, 2.05) is 6.92 Å². The first kappa shape index (κ1) is 13.6. The maximum Gasteiger partial charge on any atom is 0.257 e. The van der Waals surface area contributed by atoms with Crippen molar-refractivity contribution in [3.05, 3.63) is 29.3 Å². The second kappa shape index (κ2) is 5.71. The summed E-state index contributed by atoms with van der Waals surface area (Å²) in [5.41, 5.74) is 1.36. The molecule has 0 radical (unpaired) electrons. The van der Waals surface area contributed by atoms with Crippen LogP contribution in [0.3, 0.4) is 0 Å². The van der Waals surface area contributed by atoms with E-state index in [4.69, 9.17) is 0 Å². The van der Waals surface area contributed by atoms with Crippen molar-refractivity contribution in [3.63, 3.8) is 0 Å². The van der Waals surface area contributed by atoms with E-state index in [1.165, 1.54) is 0 Å². The molecule has 0 fully saturated rings. The van der Waals surface area contributed by atoms with Crippen LogP contribution in [0, 0.1) is 6.92 Å². The minimum atomic E-state index is -0.111. The Kier molecular flexibility index (Phi) is 4.55. The number of carbonyl (C=O) groups excluding carboxylic acids is 1.